The van der Waals surface area contributed by atoms with Gasteiger partial charge in [-0.1, -0.05) is 0 Å². The summed E-state index contributed by atoms with van der Waals surface area (Å²) < 4.78 is 21.6. The first kappa shape index (κ1) is 16.7. The Kier molecular flexibility index (Phi) is 5.63. The lowest BCUT2D eigenvalue weighted by molar-refractivity contribution is 0.165. The lowest BCUT2D eigenvalue weighted by atomic mass is 10.1. The van der Waals surface area contributed by atoms with Gasteiger partial charge in [0.15, 0.2) is 11.5 Å². The zero-order chi connectivity index (χ0) is 16.8. The van der Waals surface area contributed by atoms with Crippen molar-refractivity contribution >= 4 is 6.03 Å². The van der Waals surface area contributed by atoms with Gasteiger partial charge in [0.1, 0.15) is 12.4 Å². The second-order valence-electron chi connectivity index (χ2n) is 5.86. The summed E-state index contributed by atoms with van der Waals surface area (Å²) in [5.74, 6) is 2.56. The maximum atomic E-state index is 12.2. The van der Waals surface area contributed by atoms with Crippen molar-refractivity contribution in [3.8, 4) is 17.2 Å². The van der Waals surface area contributed by atoms with Crippen molar-refractivity contribution in [3.05, 3.63) is 18.2 Å². The molecule has 0 unspecified atom stereocenters. The predicted molar refractivity (Wildman–Crippen MR) is 87.6 cm³/mol. The van der Waals surface area contributed by atoms with Gasteiger partial charge in [0.25, 0.3) is 0 Å². The third kappa shape index (κ3) is 4.23. The first-order chi connectivity index (χ1) is 11.8. The highest BCUT2D eigenvalue weighted by Gasteiger charge is 2.21. The fraction of sp³-hybridized carbons (Fsp3) is 0.588. The molecule has 1 saturated heterocycles. The number of nitrogens with zero attached hydrogens (tertiary/aromatic N) is 1. The van der Waals surface area contributed by atoms with Gasteiger partial charge in [-0.25, -0.2) is 4.79 Å². The minimum atomic E-state index is -0.0568. The average molecular weight is 336 g/mol. The van der Waals surface area contributed by atoms with Gasteiger partial charge in [0.2, 0.25) is 6.79 Å². The zero-order valence-electron chi connectivity index (χ0n) is 14.0. The van der Waals surface area contributed by atoms with Crippen molar-refractivity contribution in [2.24, 2.45) is 5.92 Å². The number of carbonyl (C=O) groups excluding carboxylic acids is 1. The normalized spacial score (nSPS) is 18.5. The van der Waals surface area contributed by atoms with Gasteiger partial charge < -0.3 is 29.2 Å². The largest absolute Gasteiger partial charge is 0.492 e. The van der Waals surface area contributed by atoms with E-state index in [-0.39, 0.29) is 12.8 Å². The van der Waals surface area contributed by atoms with E-state index in [4.69, 9.17) is 18.9 Å². The van der Waals surface area contributed by atoms with Gasteiger partial charge in [0, 0.05) is 31.7 Å². The van der Waals surface area contributed by atoms with E-state index < -0.39 is 0 Å². The topological polar surface area (TPSA) is 69.3 Å². The highest BCUT2D eigenvalue weighted by atomic mass is 16.7. The molecule has 0 bridgehead atoms. The molecular formula is C17H24N2O5. The lowest BCUT2D eigenvalue weighted by Crippen LogP contribution is -2.43. The second-order valence-corrected chi connectivity index (χ2v) is 5.86. The molecule has 0 saturated carbocycles. The number of ether oxygens (including phenoxy) is 4. The molecule has 0 radical (unpaired) electrons. The Balaban J connectivity index is 1.38. The molecule has 1 N–H and O–H groups in total. The first-order valence-corrected chi connectivity index (χ1v) is 8.39. The number of hydrogen-bond donors (Lipinski definition) is 1. The van der Waals surface area contributed by atoms with Crippen molar-refractivity contribution in [3.63, 3.8) is 0 Å². The van der Waals surface area contributed by atoms with Crippen LogP contribution < -0.4 is 19.5 Å². The highest BCUT2D eigenvalue weighted by Crippen LogP contribution is 2.34. The summed E-state index contributed by atoms with van der Waals surface area (Å²) in [4.78, 5) is 14.0. The predicted octanol–water partition coefficient (Wildman–Crippen LogP) is 1.86. The van der Waals surface area contributed by atoms with Gasteiger partial charge in [-0.15, -0.1) is 0 Å². The van der Waals surface area contributed by atoms with Gasteiger partial charge in [0.05, 0.1) is 13.2 Å². The van der Waals surface area contributed by atoms with Crippen molar-refractivity contribution in [2.45, 2.75) is 13.3 Å². The number of urea groups is 1. The van der Waals surface area contributed by atoms with Crippen molar-refractivity contribution < 1.29 is 23.7 Å². The SMILES string of the molecule is CCN(C[C@H]1CCOC1)C(=O)NCCOc1ccc2c(c1)OCO2. The van der Waals surface area contributed by atoms with E-state index in [1.165, 1.54) is 0 Å². The fourth-order valence-corrected chi connectivity index (χ4v) is 2.80. The van der Waals surface area contributed by atoms with E-state index in [0.29, 0.717) is 37.1 Å². The van der Waals surface area contributed by atoms with Crippen LogP contribution in [0.4, 0.5) is 4.79 Å². The van der Waals surface area contributed by atoms with E-state index in [0.717, 1.165) is 31.9 Å². The molecule has 2 aliphatic rings. The van der Waals surface area contributed by atoms with Crippen LogP contribution in [0.15, 0.2) is 18.2 Å². The highest BCUT2D eigenvalue weighted by molar-refractivity contribution is 5.74. The van der Waals surface area contributed by atoms with Gasteiger partial charge in [-0.2, -0.15) is 0 Å². The van der Waals surface area contributed by atoms with Crippen molar-refractivity contribution in [1.29, 1.82) is 0 Å². The Bertz CT molecular complexity index is 560. The Morgan fingerprint density at radius 2 is 2.25 bits per heavy atom. The third-order valence-electron chi connectivity index (χ3n) is 4.16. The number of fused-ring (bicyclic) bond motifs is 1. The summed E-state index contributed by atoms with van der Waals surface area (Å²) in [5.41, 5.74) is 0. The van der Waals surface area contributed by atoms with Crippen LogP contribution in [0.25, 0.3) is 0 Å². The van der Waals surface area contributed by atoms with Crippen LogP contribution in [0.3, 0.4) is 0 Å². The quantitative estimate of drug-likeness (QED) is 0.770. The minimum Gasteiger partial charge on any atom is -0.492 e. The Hall–Kier alpha value is -2.15. The average Bonchev–Trinajstić information content (AvgIpc) is 3.27. The molecule has 0 aliphatic carbocycles. The number of rotatable bonds is 7. The summed E-state index contributed by atoms with van der Waals surface area (Å²) in [7, 11) is 0. The van der Waals surface area contributed by atoms with E-state index in [2.05, 4.69) is 5.32 Å². The molecule has 1 fully saturated rings. The molecule has 7 nitrogen and oxygen atoms in total. The van der Waals surface area contributed by atoms with E-state index in [1.807, 2.05) is 24.0 Å². The Morgan fingerprint density at radius 1 is 1.38 bits per heavy atom. The summed E-state index contributed by atoms with van der Waals surface area (Å²) in [5, 5.41) is 2.90. The Labute approximate surface area is 141 Å². The van der Waals surface area contributed by atoms with Crippen LogP contribution >= 0.6 is 0 Å². The third-order valence-corrected chi connectivity index (χ3v) is 4.16. The molecule has 2 aliphatic heterocycles. The number of carbonyl (C=O) groups is 1. The van der Waals surface area contributed by atoms with Gasteiger partial charge >= 0.3 is 6.03 Å². The van der Waals surface area contributed by atoms with Crippen molar-refractivity contribution in [2.75, 3.05) is 46.2 Å². The van der Waals surface area contributed by atoms with Crippen LogP contribution in [0.2, 0.25) is 0 Å². The standard InChI is InChI=1S/C17H24N2O5/c1-2-19(10-13-5-7-21-11-13)17(20)18-6-8-22-14-3-4-15-16(9-14)24-12-23-15/h3-4,9,13H,2,5-8,10-12H2,1H3,(H,18,20)/t13-/m1/s1. The molecule has 132 valence electrons. The smallest absolute Gasteiger partial charge is 0.317 e. The molecule has 1 aromatic rings. The summed E-state index contributed by atoms with van der Waals surface area (Å²) >= 11 is 0. The molecule has 7 heteroatoms. The fourth-order valence-electron chi connectivity index (χ4n) is 2.80. The molecule has 1 aromatic carbocycles. The molecule has 3 rings (SSSR count). The monoisotopic (exact) mass is 336 g/mol. The van der Waals surface area contributed by atoms with E-state index >= 15 is 0 Å². The number of hydrogen-bond acceptors (Lipinski definition) is 5. The summed E-state index contributed by atoms with van der Waals surface area (Å²) in [6, 6.07) is 5.38. The van der Waals surface area contributed by atoms with Crippen LogP contribution in [0.1, 0.15) is 13.3 Å². The molecular weight excluding hydrogens is 312 g/mol. The molecule has 0 spiro atoms. The molecule has 0 aromatic heterocycles. The minimum absolute atomic E-state index is 0.0568. The van der Waals surface area contributed by atoms with Crippen LogP contribution in [-0.4, -0.2) is 57.2 Å². The van der Waals surface area contributed by atoms with Crippen LogP contribution in [0.5, 0.6) is 17.2 Å². The number of amides is 2. The molecule has 2 amide bonds. The van der Waals surface area contributed by atoms with Crippen LogP contribution in [0, 0.1) is 5.92 Å². The summed E-state index contributed by atoms with van der Waals surface area (Å²) in [6.07, 6.45) is 1.02. The van der Waals surface area contributed by atoms with E-state index in [9.17, 15) is 4.79 Å². The van der Waals surface area contributed by atoms with Crippen LogP contribution in [-0.2, 0) is 4.74 Å². The maximum Gasteiger partial charge on any atom is 0.317 e. The van der Waals surface area contributed by atoms with Gasteiger partial charge in [-0.3, -0.25) is 0 Å². The Morgan fingerprint density at radius 3 is 3.04 bits per heavy atom. The molecule has 2 heterocycles. The lowest BCUT2D eigenvalue weighted by Gasteiger charge is -2.24. The molecule has 24 heavy (non-hydrogen) atoms. The van der Waals surface area contributed by atoms with Crippen molar-refractivity contribution in [1.82, 2.24) is 10.2 Å². The maximum absolute atomic E-state index is 12.2. The van der Waals surface area contributed by atoms with Gasteiger partial charge in [-0.05, 0) is 25.5 Å². The van der Waals surface area contributed by atoms with E-state index in [1.54, 1.807) is 6.07 Å². The summed E-state index contributed by atoms with van der Waals surface area (Å²) in [6.45, 7) is 6.05. The zero-order valence-corrected chi connectivity index (χ0v) is 14.0. The first-order valence-electron chi connectivity index (χ1n) is 8.39. The second kappa shape index (κ2) is 8.10. The molecule has 1 atom stereocenters. The number of benzene rings is 1. The number of nitrogens with one attached hydrogen (secondary N) is 1.